The highest BCUT2D eigenvalue weighted by Crippen LogP contribution is 2.35. The van der Waals surface area contributed by atoms with Crippen molar-refractivity contribution in [2.24, 2.45) is 0 Å². The minimum absolute atomic E-state index is 0.244. The molecule has 1 saturated heterocycles. The zero-order chi connectivity index (χ0) is 18.1. The number of piperidine rings is 1. The van der Waals surface area contributed by atoms with Gasteiger partial charge in [-0.1, -0.05) is 30.3 Å². The smallest absolute Gasteiger partial charge is 0.246 e. The lowest BCUT2D eigenvalue weighted by molar-refractivity contribution is 0.318. The number of methoxy groups -OCH3 is 1. The maximum atomic E-state index is 13.0. The van der Waals surface area contributed by atoms with Crippen LogP contribution in [0.25, 0.3) is 10.9 Å². The molecular weight excluding hydrogens is 348 g/mol. The van der Waals surface area contributed by atoms with E-state index in [1.54, 1.807) is 28.6 Å². The second-order valence-corrected chi connectivity index (χ2v) is 8.53. The molecule has 3 aromatic rings. The lowest BCUT2D eigenvalue weighted by Crippen LogP contribution is -2.38. The Balaban J connectivity index is 1.55. The number of hydrogen-bond acceptors (Lipinski definition) is 3. The first kappa shape index (κ1) is 17.1. The molecule has 5 nitrogen and oxygen atoms in total. The van der Waals surface area contributed by atoms with Gasteiger partial charge in [0.25, 0.3) is 0 Å². The van der Waals surface area contributed by atoms with Crippen LogP contribution < -0.4 is 4.74 Å². The molecule has 0 atom stereocenters. The number of para-hydroxylation sites is 2. The van der Waals surface area contributed by atoms with E-state index in [1.165, 1.54) is 18.1 Å². The molecule has 1 fully saturated rings. The van der Waals surface area contributed by atoms with E-state index in [0.717, 1.165) is 18.4 Å². The van der Waals surface area contributed by atoms with E-state index in [0.29, 0.717) is 24.8 Å². The number of ether oxygens (including phenoxy) is 1. The first-order valence-electron chi connectivity index (χ1n) is 8.80. The van der Waals surface area contributed by atoms with Crippen LogP contribution >= 0.6 is 0 Å². The standard InChI is InChI=1S/C20H22N2O3S/c1-25-19-8-4-5-9-20(19)26(23,24)22-12-10-15(11-13-22)17-14-21-18-7-3-2-6-16(17)18/h2-9,14-15,21H,10-13H2,1H3. The van der Waals surface area contributed by atoms with E-state index in [9.17, 15) is 8.42 Å². The summed E-state index contributed by atoms with van der Waals surface area (Å²) in [7, 11) is -2.04. The van der Waals surface area contributed by atoms with Crippen LogP contribution in [0.5, 0.6) is 5.75 Å². The number of rotatable bonds is 4. The van der Waals surface area contributed by atoms with Crippen molar-refractivity contribution in [3.8, 4) is 5.75 Å². The van der Waals surface area contributed by atoms with Gasteiger partial charge in [-0.15, -0.1) is 0 Å². The van der Waals surface area contributed by atoms with E-state index in [-0.39, 0.29) is 4.90 Å². The van der Waals surface area contributed by atoms with Gasteiger partial charge >= 0.3 is 0 Å². The molecule has 1 aliphatic rings. The van der Waals surface area contributed by atoms with Crippen molar-refractivity contribution in [2.45, 2.75) is 23.7 Å². The van der Waals surface area contributed by atoms with Gasteiger partial charge in [0, 0.05) is 30.2 Å². The van der Waals surface area contributed by atoms with Gasteiger partial charge in [0.1, 0.15) is 10.6 Å². The molecule has 0 aliphatic carbocycles. The number of aromatic amines is 1. The number of benzene rings is 2. The summed E-state index contributed by atoms with van der Waals surface area (Å²) >= 11 is 0. The zero-order valence-electron chi connectivity index (χ0n) is 14.7. The summed E-state index contributed by atoms with van der Waals surface area (Å²) in [6, 6.07) is 15.1. The Hall–Kier alpha value is -2.31. The summed E-state index contributed by atoms with van der Waals surface area (Å²) in [5.41, 5.74) is 2.42. The first-order chi connectivity index (χ1) is 12.6. The third kappa shape index (κ3) is 2.89. The number of nitrogens with one attached hydrogen (secondary N) is 1. The number of nitrogens with zero attached hydrogens (tertiary/aromatic N) is 1. The van der Waals surface area contributed by atoms with Crippen LogP contribution in [-0.2, 0) is 10.0 Å². The molecule has 0 amide bonds. The molecule has 1 aromatic heterocycles. The van der Waals surface area contributed by atoms with Crippen molar-refractivity contribution in [2.75, 3.05) is 20.2 Å². The number of hydrogen-bond donors (Lipinski definition) is 1. The first-order valence-corrected chi connectivity index (χ1v) is 10.2. The fourth-order valence-electron chi connectivity index (χ4n) is 3.81. The van der Waals surface area contributed by atoms with Crippen LogP contribution in [0.2, 0.25) is 0 Å². The number of fused-ring (bicyclic) bond motifs is 1. The van der Waals surface area contributed by atoms with Gasteiger partial charge in [-0.3, -0.25) is 0 Å². The highest BCUT2D eigenvalue weighted by molar-refractivity contribution is 7.89. The molecule has 2 heterocycles. The second-order valence-electron chi connectivity index (χ2n) is 6.62. The Kier molecular flexibility index (Phi) is 4.46. The minimum atomic E-state index is -3.54. The van der Waals surface area contributed by atoms with Crippen LogP contribution in [0.1, 0.15) is 24.3 Å². The molecule has 6 heteroatoms. The topological polar surface area (TPSA) is 62.4 Å². The van der Waals surface area contributed by atoms with E-state index in [2.05, 4.69) is 23.3 Å². The van der Waals surface area contributed by atoms with Crippen molar-refractivity contribution < 1.29 is 13.2 Å². The van der Waals surface area contributed by atoms with Crippen molar-refractivity contribution in [3.63, 3.8) is 0 Å². The van der Waals surface area contributed by atoms with Crippen LogP contribution in [0, 0.1) is 0 Å². The highest BCUT2D eigenvalue weighted by Gasteiger charge is 2.32. The van der Waals surface area contributed by atoms with Gasteiger partial charge in [0.05, 0.1) is 7.11 Å². The van der Waals surface area contributed by atoms with E-state index in [4.69, 9.17) is 4.74 Å². The van der Waals surface area contributed by atoms with E-state index < -0.39 is 10.0 Å². The summed E-state index contributed by atoms with van der Waals surface area (Å²) in [6.45, 7) is 1.04. The minimum Gasteiger partial charge on any atom is -0.495 e. The lowest BCUT2D eigenvalue weighted by Gasteiger charge is -2.31. The molecule has 0 radical (unpaired) electrons. The normalized spacial score (nSPS) is 16.8. The third-order valence-electron chi connectivity index (χ3n) is 5.20. The Bertz CT molecular complexity index is 1020. The third-order valence-corrected chi connectivity index (χ3v) is 7.14. The van der Waals surface area contributed by atoms with Gasteiger partial charge < -0.3 is 9.72 Å². The predicted molar refractivity (Wildman–Crippen MR) is 102 cm³/mol. The number of H-pyrrole nitrogens is 1. The molecule has 26 heavy (non-hydrogen) atoms. The van der Waals surface area contributed by atoms with Crippen LogP contribution in [0.4, 0.5) is 0 Å². The van der Waals surface area contributed by atoms with E-state index in [1.807, 2.05) is 12.1 Å². The molecule has 0 spiro atoms. The predicted octanol–water partition coefficient (Wildman–Crippen LogP) is 3.74. The molecule has 0 bridgehead atoms. The van der Waals surface area contributed by atoms with Gasteiger partial charge in [-0.05, 0) is 42.5 Å². The largest absolute Gasteiger partial charge is 0.495 e. The molecule has 2 aromatic carbocycles. The van der Waals surface area contributed by atoms with Crippen LogP contribution in [0.3, 0.4) is 0 Å². The lowest BCUT2D eigenvalue weighted by atomic mass is 9.90. The molecule has 4 rings (SSSR count). The van der Waals surface area contributed by atoms with Gasteiger partial charge in [0.2, 0.25) is 10.0 Å². The molecule has 136 valence electrons. The quantitative estimate of drug-likeness (QED) is 0.761. The number of sulfonamides is 1. The Morgan fingerprint density at radius 2 is 1.73 bits per heavy atom. The second kappa shape index (κ2) is 6.78. The highest BCUT2D eigenvalue weighted by atomic mass is 32.2. The molecule has 1 N–H and O–H groups in total. The molecular formula is C20H22N2O3S. The van der Waals surface area contributed by atoms with E-state index >= 15 is 0 Å². The van der Waals surface area contributed by atoms with Crippen LogP contribution in [0.15, 0.2) is 59.6 Å². The summed E-state index contributed by atoms with van der Waals surface area (Å²) in [6.07, 6.45) is 3.70. The zero-order valence-corrected chi connectivity index (χ0v) is 15.5. The Labute approximate surface area is 153 Å². The summed E-state index contributed by atoms with van der Waals surface area (Å²) in [5.74, 6) is 0.765. The SMILES string of the molecule is COc1ccccc1S(=O)(=O)N1CCC(c2c[nH]c3ccccc23)CC1. The van der Waals surface area contributed by atoms with Crippen molar-refractivity contribution >= 4 is 20.9 Å². The molecule has 0 unspecified atom stereocenters. The fraction of sp³-hybridized carbons (Fsp3) is 0.300. The number of aromatic nitrogens is 1. The van der Waals surface area contributed by atoms with Crippen LogP contribution in [-0.4, -0.2) is 37.9 Å². The van der Waals surface area contributed by atoms with Crippen molar-refractivity contribution in [3.05, 3.63) is 60.3 Å². The fourth-order valence-corrected chi connectivity index (χ4v) is 5.44. The van der Waals surface area contributed by atoms with Gasteiger partial charge in [-0.25, -0.2) is 8.42 Å². The Morgan fingerprint density at radius 3 is 2.50 bits per heavy atom. The monoisotopic (exact) mass is 370 g/mol. The average Bonchev–Trinajstić information content (AvgIpc) is 3.12. The maximum absolute atomic E-state index is 13.0. The maximum Gasteiger partial charge on any atom is 0.246 e. The van der Waals surface area contributed by atoms with Gasteiger partial charge in [0.15, 0.2) is 0 Å². The summed E-state index contributed by atoms with van der Waals surface area (Å²) < 4.78 is 32.8. The Morgan fingerprint density at radius 1 is 1.04 bits per heavy atom. The molecule has 0 saturated carbocycles. The summed E-state index contributed by atoms with van der Waals surface area (Å²) in [5, 5.41) is 1.23. The van der Waals surface area contributed by atoms with Crippen molar-refractivity contribution in [1.82, 2.24) is 9.29 Å². The average molecular weight is 370 g/mol. The molecule has 1 aliphatic heterocycles. The van der Waals surface area contributed by atoms with Crippen molar-refractivity contribution in [1.29, 1.82) is 0 Å². The van der Waals surface area contributed by atoms with Gasteiger partial charge in [-0.2, -0.15) is 4.31 Å². The summed E-state index contributed by atoms with van der Waals surface area (Å²) in [4.78, 5) is 3.56.